The average Bonchev–Trinajstić information content (AvgIpc) is 2.67. The van der Waals surface area contributed by atoms with Gasteiger partial charge in [0.2, 0.25) is 0 Å². The average molecular weight is 211 g/mol. The van der Waals surface area contributed by atoms with Crippen LogP contribution in [0.1, 0.15) is 35.8 Å². The van der Waals surface area contributed by atoms with E-state index in [1.54, 1.807) is 0 Å². The predicted molar refractivity (Wildman–Crippen MR) is 59.6 cm³/mol. The van der Waals surface area contributed by atoms with E-state index in [-0.39, 0.29) is 0 Å². The highest BCUT2D eigenvalue weighted by molar-refractivity contribution is 7.10. The third-order valence-electron chi connectivity index (χ3n) is 2.68. The molecule has 0 saturated heterocycles. The number of hydrogen-bond donors (Lipinski definition) is 1. The second kappa shape index (κ2) is 4.91. The van der Waals surface area contributed by atoms with Crippen molar-refractivity contribution in [1.29, 1.82) is 0 Å². The van der Waals surface area contributed by atoms with Gasteiger partial charge in [-0.05, 0) is 49.2 Å². The normalized spacial score (nSPS) is 20.8. The van der Waals surface area contributed by atoms with E-state index >= 15 is 0 Å². The molecule has 78 valence electrons. The van der Waals surface area contributed by atoms with Crippen molar-refractivity contribution in [3.63, 3.8) is 0 Å². The van der Waals surface area contributed by atoms with Crippen molar-refractivity contribution in [2.24, 2.45) is 5.73 Å². The number of fused-ring (bicyclic) bond motifs is 1. The number of hydrogen-bond acceptors (Lipinski definition) is 3. The van der Waals surface area contributed by atoms with Crippen LogP contribution in [-0.4, -0.2) is 13.2 Å². The van der Waals surface area contributed by atoms with Crippen molar-refractivity contribution in [1.82, 2.24) is 0 Å². The lowest BCUT2D eigenvalue weighted by Crippen LogP contribution is -2.14. The second-order valence-corrected chi connectivity index (χ2v) is 4.65. The Bertz CT molecular complexity index is 285. The van der Waals surface area contributed by atoms with Gasteiger partial charge in [0.1, 0.15) is 0 Å². The molecule has 1 aliphatic heterocycles. The van der Waals surface area contributed by atoms with E-state index in [2.05, 4.69) is 11.4 Å². The van der Waals surface area contributed by atoms with Gasteiger partial charge in [-0.1, -0.05) is 0 Å². The first-order valence-corrected chi connectivity index (χ1v) is 6.17. The Kier molecular flexibility index (Phi) is 3.56. The summed E-state index contributed by atoms with van der Waals surface area (Å²) in [6, 6.07) is 2.23. The highest BCUT2D eigenvalue weighted by Crippen LogP contribution is 2.34. The van der Waals surface area contributed by atoms with Crippen molar-refractivity contribution < 1.29 is 4.74 Å². The van der Waals surface area contributed by atoms with E-state index in [0.29, 0.717) is 6.10 Å². The Morgan fingerprint density at radius 3 is 3.29 bits per heavy atom. The standard InChI is InChI=1S/C11H17NOS/c12-6-2-1-3-10-11-9(4-7-13-10)5-8-14-11/h5,8,10H,1-4,6-7,12H2. The van der Waals surface area contributed by atoms with Gasteiger partial charge in [0.15, 0.2) is 0 Å². The van der Waals surface area contributed by atoms with Gasteiger partial charge >= 0.3 is 0 Å². The Balaban J connectivity index is 1.94. The fraction of sp³-hybridized carbons (Fsp3) is 0.636. The second-order valence-electron chi connectivity index (χ2n) is 3.70. The molecule has 1 aliphatic rings. The summed E-state index contributed by atoms with van der Waals surface area (Å²) in [5.74, 6) is 0. The lowest BCUT2D eigenvalue weighted by Gasteiger charge is -2.22. The molecule has 2 heterocycles. The van der Waals surface area contributed by atoms with E-state index < -0.39 is 0 Å². The summed E-state index contributed by atoms with van der Waals surface area (Å²) in [5.41, 5.74) is 6.98. The fourth-order valence-corrected chi connectivity index (χ4v) is 2.95. The van der Waals surface area contributed by atoms with Crippen molar-refractivity contribution >= 4 is 11.3 Å². The first-order chi connectivity index (χ1) is 6.92. The van der Waals surface area contributed by atoms with E-state index in [9.17, 15) is 0 Å². The first-order valence-electron chi connectivity index (χ1n) is 5.29. The number of thiophene rings is 1. The van der Waals surface area contributed by atoms with E-state index in [1.807, 2.05) is 11.3 Å². The summed E-state index contributed by atoms with van der Waals surface area (Å²) < 4.78 is 5.78. The summed E-state index contributed by atoms with van der Waals surface area (Å²) in [7, 11) is 0. The van der Waals surface area contributed by atoms with Gasteiger partial charge in [-0.25, -0.2) is 0 Å². The zero-order valence-electron chi connectivity index (χ0n) is 8.37. The zero-order valence-corrected chi connectivity index (χ0v) is 9.19. The summed E-state index contributed by atoms with van der Waals surface area (Å²) in [4.78, 5) is 1.45. The monoisotopic (exact) mass is 211 g/mol. The van der Waals surface area contributed by atoms with Gasteiger partial charge < -0.3 is 10.5 Å². The molecule has 2 rings (SSSR count). The van der Waals surface area contributed by atoms with Crippen LogP contribution in [-0.2, 0) is 11.2 Å². The van der Waals surface area contributed by atoms with Crippen LogP contribution in [0.4, 0.5) is 0 Å². The minimum Gasteiger partial charge on any atom is -0.372 e. The number of nitrogens with two attached hydrogens (primary N) is 1. The van der Waals surface area contributed by atoms with Crippen LogP contribution in [0.5, 0.6) is 0 Å². The number of ether oxygens (including phenoxy) is 1. The number of rotatable bonds is 4. The predicted octanol–water partition coefficient (Wildman–Crippen LogP) is 2.49. The smallest absolute Gasteiger partial charge is 0.0919 e. The summed E-state index contributed by atoms with van der Waals surface area (Å²) in [6.45, 7) is 1.68. The molecule has 0 saturated carbocycles. The van der Waals surface area contributed by atoms with Crippen LogP contribution in [0.2, 0.25) is 0 Å². The lowest BCUT2D eigenvalue weighted by molar-refractivity contribution is 0.0380. The van der Waals surface area contributed by atoms with Gasteiger partial charge in [-0.15, -0.1) is 11.3 Å². The van der Waals surface area contributed by atoms with Crippen molar-refractivity contribution in [2.45, 2.75) is 31.8 Å². The van der Waals surface area contributed by atoms with Crippen LogP contribution < -0.4 is 5.73 Å². The molecule has 1 unspecified atom stereocenters. The topological polar surface area (TPSA) is 35.2 Å². The molecule has 0 amide bonds. The van der Waals surface area contributed by atoms with Crippen LogP contribution in [0, 0.1) is 0 Å². The van der Waals surface area contributed by atoms with Gasteiger partial charge in [0.05, 0.1) is 12.7 Å². The Hall–Kier alpha value is -0.380. The zero-order chi connectivity index (χ0) is 9.80. The molecule has 0 aromatic carbocycles. The molecule has 1 aromatic rings. The summed E-state index contributed by atoms with van der Waals surface area (Å²) in [5, 5.41) is 2.18. The minimum atomic E-state index is 0.352. The molecule has 2 N–H and O–H groups in total. The van der Waals surface area contributed by atoms with Crippen molar-refractivity contribution in [3.05, 3.63) is 21.9 Å². The third kappa shape index (κ3) is 2.16. The van der Waals surface area contributed by atoms with Crippen molar-refractivity contribution in [2.75, 3.05) is 13.2 Å². The molecule has 0 spiro atoms. The van der Waals surface area contributed by atoms with Gasteiger partial charge in [-0.3, -0.25) is 0 Å². The maximum atomic E-state index is 5.78. The van der Waals surface area contributed by atoms with Crippen LogP contribution >= 0.6 is 11.3 Å². The maximum absolute atomic E-state index is 5.78. The number of unbranched alkanes of at least 4 members (excludes halogenated alkanes) is 1. The quantitative estimate of drug-likeness (QED) is 0.777. The Morgan fingerprint density at radius 1 is 1.50 bits per heavy atom. The first kappa shape index (κ1) is 10.1. The maximum Gasteiger partial charge on any atom is 0.0919 e. The van der Waals surface area contributed by atoms with E-state index in [0.717, 1.165) is 32.4 Å². The van der Waals surface area contributed by atoms with E-state index in [1.165, 1.54) is 16.9 Å². The SMILES string of the molecule is NCCCCC1OCCc2ccsc21. The van der Waals surface area contributed by atoms with Gasteiger partial charge in [0, 0.05) is 4.88 Å². The molecule has 14 heavy (non-hydrogen) atoms. The largest absolute Gasteiger partial charge is 0.372 e. The van der Waals surface area contributed by atoms with Gasteiger partial charge in [0.25, 0.3) is 0 Å². The van der Waals surface area contributed by atoms with Crippen LogP contribution in [0.25, 0.3) is 0 Å². The Morgan fingerprint density at radius 2 is 2.43 bits per heavy atom. The lowest BCUT2D eigenvalue weighted by atomic mass is 10.0. The van der Waals surface area contributed by atoms with E-state index in [4.69, 9.17) is 10.5 Å². The van der Waals surface area contributed by atoms with Crippen LogP contribution in [0.3, 0.4) is 0 Å². The molecule has 0 bridgehead atoms. The highest BCUT2D eigenvalue weighted by atomic mass is 32.1. The summed E-state index contributed by atoms with van der Waals surface area (Å²) >= 11 is 1.84. The Labute approximate surface area is 89.1 Å². The molecular weight excluding hydrogens is 194 g/mol. The summed E-state index contributed by atoms with van der Waals surface area (Å²) in [6.07, 6.45) is 4.86. The molecular formula is C11H17NOS. The molecule has 0 fully saturated rings. The molecule has 0 aliphatic carbocycles. The minimum absolute atomic E-state index is 0.352. The van der Waals surface area contributed by atoms with Crippen LogP contribution in [0.15, 0.2) is 11.4 Å². The highest BCUT2D eigenvalue weighted by Gasteiger charge is 2.21. The fourth-order valence-electron chi connectivity index (χ4n) is 1.91. The third-order valence-corrected chi connectivity index (χ3v) is 3.74. The molecule has 3 heteroatoms. The molecule has 1 atom stereocenters. The van der Waals surface area contributed by atoms with Gasteiger partial charge in [-0.2, -0.15) is 0 Å². The molecule has 2 nitrogen and oxygen atoms in total. The molecule has 0 radical (unpaired) electrons. The molecule has 1 aromatic heterocycles. The van der Waals surface area contributed by atoms with Crippen molar-refractivity contribution in [3.8, 4) is 0 Å².